The van der Waals surface area contributed by atoms with Gasteiger partial charge in [-0.2, -0.15) is 0 Å². The molecule has 3 aliphatic rings. The fourth-order valence-electron chi connectivity index (χ4n) is 9.37. The second-order valence-electron chi connectivity index (χ2n) is 13.3. The first-order valence-electron chi connectivity index (χ1n) is 12.3. The van der Waals surface area contributed by atoms with Crippen LogP contribution in [0.5, 0.6) is 0 Å². The Morgan fingerprint density at radius 1 is 0.750 bits per heavy atom. The number of rotatable bonds is 0. The summed E-state index contributed by atoms with van der Waals surface area (Å²) < 4.78 is 0. The van der Waals surface area contributed by atoms with E-state index in [2.05, 4.69) is 90.0 Å². The molecule has 9 atom stereocenters. The third-order valence-corrected chi connectivity index (χ3v) is 12.2. The van der Waals surface area contributed by atoms with E-state index >= 15 is 0 Å². The fraction of sp³-hybridized carbons (Fsp3) is 0.929. The second kappa shape index (κ2) is 6.37. The highest BCUT2D eigenvalue weighted by atomic mass is 14.7. The van der Waals surface area contributed by atoms with Crippen LogP contribution in [-0.2, 0) is 0 Å². The minimum absolute atomic E-state index is 0.276. The molecule has 0 heterocycles. The van der Waals surface area contributed by atoms with E-state index in [1.54, 1.807) is 5.57 Å². The van der Waals surface area contributed by atoms with Crippen LogP contribution in [0.3, 0.4) is 0 Å². The highest BCUT2D eigenvalue weighted by Gasteiger charge is 2.65. The topological polar surface area (TPSA) is 0 Å². The van der Waals surface area contributed by atoms with Crippen LogP contribution in [0.1, 0.15) is 103 Å². The molecule has 0 amide bonds. The van der Waals surface area contributed by atoms with E-state index in [9.17, 15) is 0 Å². The van der Waals surface area contributed by atoms with E-state index in [0.717, 1.165) is 35.5 Å². The SMILES string of the molecule is CC1=C2C(C)C(C)C3(C)C(C)CC(C)C(C)(C)C3C(C)C(C)(CC1C)C2(C)C. The minimum Gasteiger partial charge on any atom is -0.0704 e. The van der Waals surface area contributed by atoms with Gasteiger partial charge in [-0.1, -0.05) is 94.2 Å². The second-order valence-corrected chi connectivity index (χ2v) is 13.3. The molecule has 0 aromatic heterocycles. The molecule has 2 saturated carbocycles. The molecule has 3 rings (SSSR count). The van der Waals surface area contributed by atoms with Gasteiger partial charge in [0.2, 0.25) is 0 Å². The van der Waals surface area contributed by atoms with Crippen molar-refractivity contribution in [1.82, 2.24) is 0 Å². The molecule has 2 fully saturated rings. The van der Waals surface area contributed by atoms with Crippen molar-refractivity contribution in [2.24, 2.45) is 63.1 Å². The summed E-state index contributed by atoms with van der Waals surface area (Å²) in [4.78, 5) is 0. The summed E-state index contributed by atoms with van der Waals surface area (Å²) in [6.07, 6.45) is 2.74. The van der Waals surface area contributed by atoms with Gasteiger partial charge in [0, 0.05) is 0 Å². The molecule has 0 saturated heterocycles. The average Bonchev–Trinajstić information content (AvgIpc) is 2.56. The first-order valence-corrected chi connectivity index (χ1v) is 12.3. The Bertz CT molecular complexity index is 664. The van der Waals surface area contributed by atoms with Gasteiger partial charge < -0.3 is 0 Å². The van der Waals surface area contributed by atoms with Crippen molar-refractivity contribution in [2.45, 2.75) is 103 Å². The third kappa shape index (κ3) is 2.48. The lowest BCUT2D eigenvalue weighted by Gasteiger charge is -2.70. The predicted molar refractivity (Wildman–Crippen MR) is 124 cm³/mol. The summed E-state index contributed by atoms with van der Waals surface area (Å²) in [6, 6.07) is 0. The van der Waals surface area contributed by atoms with Crippen molar-refractivity contribution in [3.05, 3.63) is 11.1 Å². The van der Waals surface area contributed by atoms with Gasteiger partial charge in [0.25, 0.3) is 0 Å². The van der Waals surface area contributed by atoms with Crippen molar-refractivity contribution in [1.29, 1.82) is 0 Å². The first-order chi connectivity index (χ1) is 12.6. The highest BCUT2D eigenvalue weighted by molar-refractivity contribution is 5.33. The van der Waals surface area contributed by atoms with Crippen LogP contribution in [0.25, 0.3) is 0 Å². The quantitative estimate of drug-likeness (QED) is 0.365. The number of allylic oxidation sites excluding steroid dienone is 2. The first kappa shape index (κ1) is 22.4. The molecular weight excluding hydrogens is 336 g/mol. The lowest BCUT2D eigenvalue weighted by molar-refractivity contribution is -0.188. The fourth-order valence-corrected chi connectivity index (χ4v) is 9.37. The van der Waals surface area contributed by atoms with Crippen molar-refractivity contribution in [2.75, 3.05) is 0 Å². The van der Waals surface area contributed by atoms with Crippen LogP contribution in [0, 0.1) is 63.1 Å². The molecule has 0 nitrogen and oxygen atoms in total. The van der Waals surface area contributed by atoms with Crippen LogP contribution < -0.4 is 0 Å². The van der Waals surface area contributed by atoms with Crippen LogP contribution in [0.15, 0.2) is 11.1 Å². The summed E-state index contributed by atoms with van der Waals surface area (Å²) in [5.74, 6) is 5.21. The van der Waals surface area contributed by atoms with E-state index in [-0.39, 0.29) is 5.41 Å². The summed E-state index contributed by atoms with van der Waals surface area (Å²) in [7, 11) is 0. The maximum absolute atomic E-state index is 2.70. The Morgan fingerprint density at radius 3 is 1.82 bits per heavy atom. The van der Waals surface area contributed by atoms with Gasteiger partial charge in [-0.25, -0.2) is 0 Å². The molecule has 0 aromatic rings. The normalized spacial score (nSPS) is 53.2. The monoisotopic (exact) mass is 386 g/mol. The van der Waals surface area contributed by atoms with Crippen LogP contribution in [0.4, 0.5) is 0 Å². The maximum Gasteiger partial charge on any atom is -0.00826 e. The molecular formula is C28H50. The molecule has 0 N–H and O–H groups in total. The smallest absolute Gasteiger partial charge is 0.00826 e. The van der Waals surface area contributed by atoms with Gasteiger partial charge in [0.1, 0.15) is 0 Å². The summed E-state index contributed by atoms with van der Waals surface area (Å²) in [5, 5.41) is 0. The van der Waals surface area contributed by atoms with Crippen LogP contribution in [0.2, 0.25) is 0 Å². The molecule has 0 radical (unpaired) electrons. The Hall–Kier alpha value is -0.260. The maximum atomic E-state index is 2.70. The zero-order valence-electron chi connectivity index (χ0n) is 21.5. The van der Waals surface area contributed by atoms with E-state index in [1.807, 2.05) is 5.57 Å². The average molecular weight is 387 g/mol. The Morgan fingerprint density at radius 2 is 1.29 bits per heavy atom. The number of hydrogen-bond donors (Lipinski definition) is 0. The van der Waals surface area contributed by atoms with Crippen molar-refractivity contribution >= 4 is 0 Å². The van der Waals surface area contributed by atoms with Crippen molar-refractivity contribution in [3.63, 3.8) is 0 Å². The van der Waals surface area contributed by atoms with Gasteiger partial charge in [0.05, 0.1) is 0 Å². The lowest BCUT2D eigenvalue weighted by Crippen LogP contribution is -2.63. The summed E-state index contributed by atoms with van der Waals surface area (Å²) in [6.45, 7) is 33.8. The van der Waals surface area contributed by atoms with Gasteiger partial charge in [-0.05, 0) is 82.9 Å². The molecule has 0 spiro atoms. The molecule has 0 aliphatic heterocycles. The van der Waals surface area contributed by atoms with E-state index in [0.29, 0.717) is 22.2 Å². The Labute approximate surface area is 177 Å². The van der Waals surface area contributed by atoms with Gasteiger partial charge in [-0.3, -0.25) is 0 Å². The zero-order chi connectivity index (χ0) is 21.6. The number of hydrogen-bond acceptors (Lipinski definition) is 0. The van der Waals surface area contributed by atoms with Gasteiger partial charge in [-0.15, -0.1) is 0 Å². The molecule has 0 heteroatoms. The number of fused-ring (bicyclic) bond motifs is 3. The highest BCUT2D eigenvalue weighted by Crippen LogP contribution is 2.72. The molecule has 28 heavy (non-hydrogen) atoms. The lowest BCUT2D eigenvalue weighted by atomic mass is 9.35. The van der Waals surface area contributed by atoms with Crippen LogP contribution >= 0.6 is 0 Å². The molecule has 0 aromatic carbocycles. The molecule has 2 bridgehead atoms. The molecule has 162 valence electrons. The Balaban J connectivity index is 2.36. The largest absolute Gasteiger partial charge is 0.0704 e. The Kier molecular flexibility index (Phi) is 5.10. The predicted octanol–water partition coefficient (Wildman–Crippen LogP) is 8.62. The third-order valence-electron chi connectivity index (χ3n) is 12.2. The van der Waals surface area contributed by atoms with Crippen molar-refractivity contribution in [3.8, 4) is 0 Å². The van der Waals surface area contributed by atoms with Gasteiger partial charge in [0.15, 0.2) is 0 Å². The summed E-state index contributed by atoms with van der Waals surface area (Å²) in [5.41, 5.74) is 4.96. The van der Waals surface area contributed by atoms with Crippen molar-refractivity contribution < 1.29 is 0 Å². The van der Waals surface area contributed by atoms with E-state index in [1.165, 1.54) is 12.8 Å². The van der Waals surface area contributed by atoms with E-state index in [4.69, 9.17) is 0 Å². The molecule has 9 unspecified atom stereocenters. The zero-order valence-corrected chi connectivity index (χ0v) is 21.5. The standard InChI is InChI=1S/C28H50/c1-16-15-27(12)22(7)24-25(8,9)17(2)14-18(3)28(24,13)21(6)20(5)23(19(16)4)26(27,10)11/h16-18,20-22,24H,14-15H2,1-13H3. The van der Waals surface area contributed by atoms with Gasteiger partial charge >= 0.3 is 0 Å². The molecule has 3 aliphatic carbocycles. The summed E-state index contributed by atoms with van der Waals surface area (Å²) >= 11 is 0. The van der Waals surface area contributed by atoms with Crippen LogP contribution in [-0.4, -0.2) is 0 Å². The van der Waals surface area contributed by atoms with E-state index < -0.39 is 0 Å². The minimum atomic E-state index is 0.276.